The molecule has 3 aliphatic rings. The molecule has 2 bridgehead atoms. The van der Waals surface area contributed by atoms with Crippen LogP contribution in [0.25, 0.3) is 0 Å². The number of rotatable bonds is 3. The predicted molar refractivity (Wildman–Crippen MR) is 103 cm³/mol. The zero-order chi connectivity index (χ0) is 17.5. The van der Waals surface area contributed by atoms with Crippen molar-refractivity contribution >= 4 is 5.95 Å². The van der Waals surface area contributed by atoms with Crippen LogP contribution < -0.4 is 4.90 Å². The van der Waals surface area contributed by atoms with Crippen LogP contribution >= 0.6 is 0 Å². The Morgan fingerprint density at radius 3 is 2.65 bits per heavy atom. The largest absolute Gasteiger partial charge is 0.338 e. The SMILES string of the molecule is CN1C2CCC1c1cnc(N3CCN(Cc4ccccc4)CC3)nc1C2. The highest BCUT2D eigenvalue weighted by molar-refractivity contribution is 5.37. The fourth-order valence-corrected chi connectivity index (χ4v) is 4.81. The lowest BCUT2D eigenvalue weighted by molar-refractivity contribution is 0.221. The molecule has 0 amide bonds. The Morgan fingerprint density at radius 1 is 1.04 bits per heavy atom. The minimum absolute atomic E-state index is 0.542. The molecular weight excluding hydrogens is 322 g/mol. The van der Waals surface area contributed by atoms with Crippen LogP contribution in [-0.4, -0.2) is 59.0 Å². The van der Waals surface area contributed by atoms with Gasteiger partial charge in [0, 0.05) is 63.0 Å². The average molecular weight is 349 g/mol. The van der Waals surface area contributed by atoms with Crippen LogP contribution in [0.15, 0.2) is 36.5 Å². The highest BCUT2D eigenvalue weighted by atomic mass is 15.3. The first-order valence-corrected chi connectivity index (χ1v) is 9.87. The third-order valence-corrected chi connectivity index (χ3v) is 6.42. The number of fused-ring (bicyclic) bond motifs is 4. The summed E-state index contributed by atoms with van der Waals surface area (Å²) in [5, 5.41) is 0. The summed E-state index contributed by atoms with van der Waals surface area (Å²) < 4.78 is 0. The molecule has 0 saturated carbocycles. The van der Waals surface area contributed by atoms with E-state index in [9.17, 15) is 0 Å². The number of hydrogen-bond acceptors (Lipinski definition) is 5. The van der Waals surface area contributed by atoms with E-state index in [1.165, 1.54) is 29.7 Å². The molecule has 5 heteroatoms. The van der Waals surface area contributed by atoms with Crippen molar-refractivity contribution in [3.05, 3.63) is 53.3 Å². The van der Waals surface area contributed by atoms with Gasteiger partial charge < -0.3 is 4.90 Å². The minimum Gasteiger partial charge on any atom is -0.338 e. The predicted octanol–water partition coefficient (Wildman–Crippen LogP) is 2.49. The number of aromatic nitrogens is 2. The monoisotopic (exact) mass is 349 g/mol. The Labute approximate surface area is 155 Å². The molecule has 4 heterocycles. The molecule has 0 aliphatic carbocycles. The standard InChI is InChI=1S/C21H27N5/c1-24-17-7-8-20(24)18-14-22-21(23-19(18)13-17)26-11-9-25(10-12-26)15-16-5-3-2-4-6-16/h2-6,14,17,20H,7-13,15H2,1H3. The molecule has 2 fully saturated rings. The molecule has 0 radical (unpaired) electrons. The van der Waals surface area contributed by atoms with Crippen LogP contribution in [0, 0.1) is 0 Å². The average Bonchev–Trinajstić information content (AvgIpc) is 2.92. The van der Waals surface area contributed by atoms with Gasteiger partial charge >= 0.3 is 0 Å². The molecule has 3 aliphatic heterocycles. The van der Waals surface area contributed by atoms with Crippen molar-refractivity contribution in [2.45, 2.75) is 37.9 Å². The first-order valence-electron chi connectivity index (χ1n) is 9.87. The van der Waals surface area contributed by atoms with Gasteiger partial charge in [-0.3, -0.25) is 9.80 Å². The molecule has 0 N–H and O–H groups in total. The molecule has 5 nitrogen and oxygen atoms in total. The molecule has 136 valence electrons. The van der Waals surface area contributed by atoms with E-state index in [2.05, 4.69) is 58.3 Å². The second-order valence-electron chi connectivity index (χ2n) is 7.94. The summed E-state index contributed by atoms with van der Waals surface area (Å²) in [6.07, 6.45) is 5.75. The van der Waals surface area contributed by atoms with Crippen molar-refractivity contribution in [3.63, 3.8) is 0 Å². The van der Waals surface area contributed by atoms with E-state index in [0.717, 1.165) is 45.1 Å². The van der Waals surface area contributed by atoms with E-state index in [1.807, 2.05) is 0 Å². The second kappa shape index (κ2) is 6.63. The lowest BCUT2D eigenvalue weighted by atomic mass is 10.0. The fourth-order valence-electron chi connectivity index (χ4n) is 4.81. The Bertz CT molecular complexity index is 769. The van der Waals surface area contributed by atoms with Gasteiger partial charge in [-0.1, -0.05) is 30.3 Å². The van der Waals surface area contributed by atoms with Gasteiger partial charge in [0.05, 0.1) is 5.69 Å². The summed E-state index contributed by atoms with van der Waals surface area (Å²) in [5.74, 6) is 0.937. The fraction of sp³-hybridized carbons (Fsp3) is 0.524. The molecule has 5 rings (SSSR count). The normalized spacial score (nSPS) is 26.1. The maximum absolute atomic E-state index is 4.99. The van der Waals surface area contributed by atoms with Gasteiger partial charge in [-0.15, -0.1) is 0 Å². The highest BCUT2D eigenvalue weighted by Gasteiger charge is 2.38. The summed E-state index contributed by atoms with van der Waals surface area (Å²) in [6, 6.07) is 12.0. The smallest absolute Gasteiger partial charge is 0.225 e. The van der Waals surface area contributed by atoms with E-state index >= 15 is 0 Å². The second-order valence-corrected chi connectivity index (χ2v) is 7.94. The Morgan fingerprint density at radius 2 is 1.85 bits per heavy atom. The molecule has 2 atom stereocenters. The lowest BCUT2D eigenvalue weighted by Gasteiger charge is -2.36. The number of anilines is 1. The van der Waals surface area contributed by atoms with Crippen molar-refractivity contribution in [1.29, 1.82) is 0 Å². The molecule has 26 heavy (non-hydrogen) atoms. The van der Waals surface area contributed by atoms with E-state index in [1.54, 1.807) is 0 Å². The topological polar surface area (TPSA) is 35.5 Å². The van der Waals surface area contributed by atoms with Crippen LogP contribution in [0.3, 0.4) is 0 Å². The van der Waals surface area contributed by atoms with Gasteiger partial charge in [-0.05, 0) is 25.5 Å². The Hall–Kier alpha value is -1.98. The number of benzene rings is 1. The number of hydrogen-bond donors (Lipinski definition) is 0. The zero-order valence-electron chi connectivity index (χ0n) is 15.5. The number of nitrogens with zero attached hydrogens (tertiary/aromatic N) is 5. The van der Waals surface area contributed by atoms with E-state index in [-0.39, 0.29) is 0 Å². The molecule has 1 aromatic heterocycles. The minimum atomic E-state index is 0.542. The van der Waals surface area contributed by atoms with E-state index in [0.29, 0.717) is 12.1 Å². The van der Waals surface area contributed by atoms with Crippen LogP contribution in [-0.2, 0) is 13.0 Å². The quantitative estimate of drug-likeness (QED) is 0.851. The van der Waals surface area contributed by atoms with Gasteiger partial charge in [0.25, 0.3) is 0 Å². The van der Waals surface area contributed by atoms with Gasteiger partial charge in [-0.2, -0.15) is 0 Å². The van der Waals surface area contributed by atoms with Gasteiger partial charge in [0.1, 0.15) is 0 Å². The third-order valence-electron chi connectivity index (χ3n) is 6.42. The highest BCUT2D eigenvalue weighted by Crippen LogP contribution is 2.41. The first kappa shape index (κ1) is 16.2. The molecule has 0 spiro atoms. The number of likely N-dealkylation sites (N-methyl/N-ethyl adjacent to an activating group) is 1. The Kier molecular flexibility index (Phi) is 4.14. The van der Waals surface area contributed by atoms with Crippen LogP contribution in [0.2, 0.25) is 0 Å². The van der Waals surface area contributed by atoms with E-state index in [4.69, 9.17) is 9.97 Å². The molecule has 2 unspecified atom stereocenters. The van der Waals surface area contributed by atoms with Gasteiger partial charge in [0.2, 0.25) is 5.95 Å². The maximum atomic E-state index is 4.99. The van der Waals surface area contributed by atoms with Crippen molar-refractivity contribution in [2.75, 3.05) is 38.1 Å². The summed E-state index contributed by atoms with van der Waals surface area (Å²) in [5.41, 5.74) is 4.06. The summed E-state index contributed by atoms with van der Waals surface area (Å²) in [7, 11) is 2.26. The molecule has 2 saturated heterocycles. The zero-order valence-corrected chi connectivity index (χ0v) is 15.5. The van der Waals surface area contributed by atoms with Crippen molar-refractivity contribution in [2.24, 2.45) is 0 Å². The van der Waals surface area contributed by atoms with Gasteiger partial charge in [0.15, 0.2) is 0 Å². The van der Waals surface area contributed by atoms with Gasteiger partial charge in [-0.25, -0.2) is 9.97 Å². The molecule has 1 aromatic carbocycles. The third kappa shape index (κ3) is 2.89. The number of piperazine rings is 1. The van der Waals surface area contributed by atoms with Crippen LogP contribution in [0.5, 0.6) is 0 Å². The first-order chi connectivity index (χ1) is 12.8. The van der Waals surface area contributed by atoms with E-state index < -0.39 is 0 Å². The summed E-state index contributed by atoms with van der Waals surface area (Å²) in [4.78, 5) is 17.1. The summed E-state index contributed by atoms with van der Waals surface area (Å²) >= 11 is 0. The van der Waals surface area contributed by atoms with Crippen molar-refractivity contribution in [1.82, 2.24) is 19.8 Å². The lowest BCUT2D eigenvalue weighted by Crippen LogP contribution is -2.46. The van der Waals surface area contributed by atoms with Crippen molar-refractivity contribution in [3.8, 4) is 0 Å². The molecular formula is C21H27N5. The van der Waals surface area contributed by atoms with Crippen molar-refractivity contribution < 1.29 is 0 Å². The molecule has 2 aromatic rings. The summed E-state index contributed by atoms with van der Waals surface area (Å²) in [6.45, 7) is 5.21. The maximum Gasteiger partial charge on any atom is 0.225 e. The van der Waals surface area contributed by atoms with Crippen LogP contribution in [0.1, 0.15) is 35.7 Å². The Balaban J connectivity index is 1.26. The van der Waals surface area contributed by atoms with Crippen LogP contribution in [0.4, 0.5) is 5.95 Å².